The summed E-state index contributed by atoms with van der Waals surface area (Å²) in [5, 5.41) is 6.33. The molecule has 2 aromatic rings. The van der Waals surface area contributed by atoms with Crippen LogP contribution in [0.3, 0.4) is 0 Å². The molecule has 6 heteroatoms. The maximum absolute atomic E-state index is 13.0. The Morgan fingerprint density at radius 1 is 1.29 bits per heavy atom. The summed E-state index contributed by atoms with van der Waals surface area (Å²) in [6.07, 6.45) is 5.84. The van der Waals surface area contributed by atoms with Gasteiger partial charge in [-0.15, -0.1) is 16.4 Å². The van der Waals surface area contributed by atoms with Crippen LogP contribution in [0.4, 0.5) is 0 Å². The highest BCUT2D eigenvalue weighted by Gasteiger charge is 2.24. The molecular formula is C18H27N3O2S. The zero-order valence-electron chi connectivity index (χ0n) is 14.8. The van der Waals surface area contributed by atoms with E-state index in [4.69, 9.17) is 4.74 Å². The molecule has 2 aromatic heterocycles. The fourth-order valence-electron chi connectivity index (χ4n) is 2.51. The minimum absolute atomic E-state index is 0.0196. The number of hydrogen-bond donors (Lipinski definition) is 0. The molecule has 0 spiro atoms. The van der Waals surface area contributed by atoms with Gasteiger partial charge >= 0.3 is 6.01 Å². The largest absolute Gasteiger partial charge is 0.462 e. The molecule has 0 fully saturated rings. The summed E-state index contributed by atoms with van der Waals surface area (Å²) in [7, 11) is 0. The van der Waals surface area contributed by atoms with Crippen LogP contribution in [0.25, 0.3) is 10.7 Å². The van der Waals surface area contributed by atoms with Gasteiger partial charge in [0.1, 0.15) is 0 Å². The highest BCUT2D eigenvalue weighted by atomic mass is 32.1. The van der Waals surface area contributed by atoms with Gasteiger partial charge in [0.05, 0.1) is 11.5 Å². The van der Waals surface area contributed by atoms with Gasteiger partial charge in [0.15, 0.2) is 5.82 Å². The van der Waals surface area contributed by atoms with Crippen molar-refractivity contribution in [2.24, 2.45) is 5.92 Å². The number of ether oxygens (including phenoxy) is 1. The molecule has 0 aliphatic carbocycles. The maximum Gasteiger partial charge on any atom is 0.336 e. The molecule has 1 unspecified atom stereocenters. The third-order valence-electron chi connectivity index (χ3n) is 4.02. The van der Waals surface area contributed by atoms with Crippen molar-refractivity contribution >= 4 is 17.2 Å². The lowest BCUT2D eigenvalue weighted by atomic mass is 9.98. The minimum Gasteiger partial charge on any atom is -0.462 e. The Labute approximate surface area is 148 Å². The molecule has 0 aromatic carbocycles. The van der Waals surface area contributed by atoms with Gasteiger partial charge < -0.3 is 4.74 Å². The monoisotopic (exact) mass is 349 g/mol. The van der Waals surface area contributed by atoms with Gasteiger partial charge in [0.25, 0.3) is 5.91 Å². The predicted octanol–water partition coefficient (Wildman–Crippen LogP) is 5.04. The number of unbranched alkanes of at least 4 members (excludes halogenated alkanes) is 2. The summed E-state index contributed by atoms with van der Waals surface area (Å²) < 4.78 is 7.08. The molecule has 0 saturated carbocycles. The number of aromatic nitrogens is 3. The van der Waals surface area contributed by atoms with Gasteiger partial charge in [-0.1, -0.05) is 46.1 Å². The van der Waals surface area contributed by atoms with Crippen LogP contribution in [0, 0.1) is 5.92 Å². The Morgan fingerprint density at radius 2 is 2.08 bits per heavy atom. The molecule has 0 amide bonds. The Bertz CT molecular complexity index is 622. The Morgan fingerprint density at radius 3 is 2.71 bits per heavy atom. The summed E-state index contributed by atoms with van der Waals surface area (Å²) in [6.45, 7) is 6.88. The van der Waals surface area contributed by atoms with Crippen molar-refractivity contribution in [3.8, 4) is 16.7 Å². The quantitative estimate of drug-likeness (QED) is 0.564. The van der Waals surface area contributed by atoms with E-state index in [0.29, 0.717) is 18.4 Å². The smallest absolute Gasteiger partial charge is 0.336 e. The molecule has 2 heterocycles. The lowest BCUT2D eigenvalue weighted by Crippen LogP contribution is -2.23. The van der Waals surface area contributed by atoms with Gasteiger partial charge in [-0.05, 0) is 30.7 Å². The number of carbonyl (C=O) groups excluding carboxylic acids is 1. The third kappa shape index (κ3) is 4.66. The Hall–Kier alpha value is -1.69. The molecular weight excluding hydrogens is 322 g/mol. The summed E-state index contributed by atoms with van der Waals surface area (Å²) in [5.41, 5.74) is 0. The van der Waals surface area contributed by atoms with Crippen molar-refractivity contribution in [3.05, 3.63) is 17.5 Å². The zero-order chi connectivity index (χ0) is 17.4. The van der Waals surface area contributed by atoms with E-state index in [9.17, 15) is 4.79 Å². The van der Waals surface area contributed by atoms with Crippen LogP contribution in [0.1, 0.15) is 64.1 Å². The second-order valence-electron chi connectivity index (χ2n) is 5.89. The van der Waals surface area contributed by atoms with E-state index in [0.717, 1.165) is 43.4 Å². The first kappa shape index (κ1) is 18.6. The molecule has 0 radical (unpaired) electrons. The van der Waals surface area contributed by atoms with Crippen LogP contribution in [-0.2, 0) is 0 Å². The fraction of sp³-hybridized carbons (Fsp3) is 0.611. The zero-order valence-corrected chi connectivity index (χ0v) is 15.6. The molecule has 0 aliphatic rings. The summed E-state index contributed by atoms with van der Waals surface area (Å²) in [4.78, 5) is 18.3. The number of hydrogen-bond acceptors (Lipinski definition) is 5. The molecule has 0 bridgehead atoms. The maximum atomic E-state index is 13.0. The molecule has 5 nitrogen and oxygen atoms in total. The number of thiophene rings is 1. The van der Waals surface area contributed by atoms with Crippen LogP contribution in [0.2, 0.25) is 0 Å². The van der Waals surface area contributed by atoms with E-state index in [1.807, 2.05) is 17.5 Å². The average Bonchev–Trinajstić information content (AvgIpc) is 3.25. The van der Waals surface area contributed by atoms with Gasteiger partial charge in [-0.2, -0.15) is 9.67 Å². The Kier molecular flexibility index (Phi) is 7.43. The summed E-state index contributed by atoms with van der Waals surface area (Å²) in [6, 6.07) is 4.21. The van der Waals surface area contributed by atoms with E-state index in [1.54, 1.807) is 11.3 Å². The normalized spacial score (nSPS) is 12.3. The summed E-state index contributed by atoms with van der Waals surface area (Å²) in [5.74, 6) is 0.595. The van der Waals surface area contributed by atoms with E-state index in [1.165, 1.54) is 4.68 Å². The van der Waals surface area contributed by atoms with Crippen molar-refractivity contribution < 1.29 is 9.53 Å². The topological polar surface area (TPSA) is 57.0 Å². The van der Waals surface area contributed by atoms with Crippen molar-refractivity contribution in [3.63, 3.8) is 0 Å². The highest BCUT2D eigenvalue weighted by molar-refractivity contribution is 7.13. The van der Waals surface area contributed by atoms with Crippen LogP contribution in [-0.4, -0.2) is 27.3 Å². The van der Waals surface area contributed by atoms with Crippen LogP contribution >= 0.6 is 11.3 Å². The van der Waals surface area contributed by atoms with Crippen molar-refractivity contribution in [1.82, 2.24) is 14.8 Å². The van der Waals surface area contributed by atoms with Crippen molar-refractivity contribution in [2.45, 2.75) is 59.3 Å². The fourth-order valence-corrected chi connectivity index (χ4v) is 3.21. The van der Waals surface area contributed by atoms with Crippen LogP contribution in [0.5, 0.6) is 6.01 Å². The first-order valence-corrected chi connectivity index (χ1v) is 9.77. The van der Waals surface area contributed by atoms with Gasteiger partial charge in [0.2, 0.25) is 0 Å². The van der Waals surface area contributed by atoms with Crippen LogP contribution in [0.15, 0.2) is 17.5 Å². The number of rotatable bonds is 10. The van der Waals surface area contributed by atoms with E-state index < -0.39 is 0 Å². The summed E-state index contributed by atoms with van der Waals surface area (Å²) >= 11 is 1.56. The number of nitrogens with zero attached hydrogens (tertiary/aromatic N) is 3. The molecule has 132 valence electrons. The molecule has 2 rings (SSSR count). The second-order valence-corrected chi connectivity index (χ2v) is 6.84. The van der Waals surface area contributed by atoms with Gasteiger partial charge in [0, 0.05) is 5.92 Å². The van der Waals surface area contributed by atoms with Crippen molar-refractivity contribution in [1.29, 1.82) is 0 Å². The molecule has 0 aliphatic heterocycles. The van der Waals surface area contributed by atoms with Crippen LogP contribution < -0.4 is 4.74 Å². The van der Waals surface area contributed by atoms with Gasteiger partial charge in [-0.25, -0.2) is 0 Å². The minimum atomic E-state index is -0.0196. The number of carbonyl (C=O) groups is 1. The Balaban J connectivity index is 2.26. The van der Waals surface area contributed by atoms with Crippen molar-refractivity contribution in [2.75, 3.05) is 6.61 Å². The lowest BCUT2D eigenvalue weighted by molar-refractivity contribution is 0.0804. The first-order valence-electron chi connectivity index (χ1n) is 8.89. The molecule has 0 N–H and O–H groups in total. The predicted molar refractivity (Wildman–Crippen MR) is 97.7 cm³/mol. The SMILES string of the molecule is CCCCOc1nc(-c2cccs2)n(C(=O)C(CC)CCCC)n1. The van der Waals surface area contributed by atoms with E-state index in [-0.39, 0.29) is 11.8 Å². The molecule has 24 heavy (non-hydrogen) atoms. The third-order valence-corrected chi connectivity index (χ3v) is 4.88. The molecule has 0 saturated heterocycles. The second kappa shape index (κ2) is 9.57. The standard InChI is InChI=1S/C18H27N3O2S/c1-4-7-10-14(6-3)17(22)21-16(15-11-9-13-24-15)19-18(20-21)23-12-8-5-2/h9,11,13-14H,4-8,10,12H2,1-3H3. The first-order chi connectivity index (χ1) is 11.7. The molecule has 1 atom stereocenters. The average molecular weight is 350 g/mol. The van der Waals surface area contributed by atoms with E-state index in [2.05, 4.69) is 30.9 Å². The highest BCUT2D eigenvalue weighted by Crippen LogP contribution is 2.26. The lowest BCUT2D eigenvalue weighted by Gasteiger charge is -2.13. The van der Waals surface area contributed by atoms with E-state index >= 15 is 0 Å². The van der Waals surface area contributed by atoms with Gasteiger partial charge in [-0.3, -0.25) is 4.79 Å².